The van der Waals surface area contributed by atoms with E-state index in [1.165, 1.54) is 12.2 Å². The van der Waals surface area contributed by atoms with Gasteiger partial charge in [0.05, 0.1) is 0 Å². The van der Waals surface area contributed by atoms with Gasteiger partial charge in [0.25, 0.3) is 0 Å². The normalized spacial score (nSPS) is 12.3. The Hall–Kier alpha value is -1.85. The fourth-order valence-corrected chi connectivity index (χ4v) is 1.58. The van der Waals surface area contributed by atoms with Gasteiger partial charge in [-0.2, -0.15) is 0 Å². The first-order chi connectivity index (χ1) is 9.04. The molecule has 1 aromatic carbocycles. The quantitative estimate of drug-likeness (QED) is 0.687. The van der Waals surface area contributed by atoms with Crippen LogP contribution in [0.15, 0.2) is 30.3 Å². The standard InChI is InChI=1S/C13H14ClNO4/c14-10-4-2-1-3-9(10)5-6-12(17)15-11(7-8-16)13(18)19/h1-6,11,16H,7-8H2,(H,15,17)(H,18,19)/b6-5+. The number of carbonyl (C=O) groups is 2. The van der Waals surface area contributed by atoms with Crippen molar-refractivity contribution in [1.29, 1.82) is 0 Å². The van der Waals surface area contributed by atoms with E-state index in [0.717, 1.165) is 0 Å². The lowest BCUT2D eigenvalue weighted by Crippen LogP contribution is -2.40. The molecule has 5 nitrogen and oxygen atoms in total. The highest BCUT2D eigenvalue weighted by molar-refractivity contribution is 6.32. The minimum Gasteiger partial charge on any atom is -0.480 e. The highest BCUT2D eigenvalue weighted by Crippen LogP contribution is 2.15. The predicted molar refractivity (Wildman–Crippen MR) is 71.8 cm³/mol. The molecule has 1 unspecified atom stereocenters. The first-order valence-corrected chi connectivity index (χ1v) is 5.99. The minimum atomic E-state index is -1.19. The van der Waals surface area contributed by atoms with Crippen molar-refractivity contribution in [2.45, 2.75) is 12.5 Å². The second kappa shape index (κ2) is 7.56. The molecule has 0 aliphatic rings. The van der Waals surface area contributed by atoms with Crippen LogP contribution in [0.25, 0.3) is 6.08 Å². The van der Waals surface area contributed by atoms with E-state index >= 15 is 0 Å². The third-order valence-electron chi connectivity index (χ3n) is 2.35. The lowest BCUT2D eigenvalue weighted by Gasteiger charge is -2.11. The number of hydrogen-bond donors (Lipinski definition) is 3. The van der Waals surface area contributed by atoms with Crippen LogP contribution in [0.1, 0.15) is 12.0 Å². The Balaban J connectivity index is 2.64. The van der Waals surface area contributed by atoms with Gasteiger partial charge >= 0.3 is 5.97 Å². The maximum atomic E-state index is 11.5. The molecule has 1 amide bonds. The van der Waals surface area contributed by atoms with Crippen molar-refractivity contribution < 1.29 is 19.8 Å². The highest BCUT2D eigenvalue weighted by atomic mass is 35.5. The van der Waals surface area contributed by atoms with E-state index in [0.29, 0.717) is 10.6 Å². The zero-order valence-electron chi connectivity index (χ0n) is 10.0. The number of aliphatic hydroxyl groups excluding tert-OH is 1. The maximum Gasteiger partial charge on any atom is 0.326 e. The van der Waals surface area contributed by atoms with Gasteiger partial charge in [-0.1, -0.05) is 29.8 Å². The van der Waals surface area contributed by atoms with Gasteiger partial charge < -0.3 is 15.5 Å². The van der Waals surface area contributed by atoms with E-state index in [1.54, 1.807) is 24.3 Å². The molecule has 0 heterocycles. The number of carbonyl (C=O) groups excluding carboxylic acids is 1. The SMILES string of the molecule is O=C(/C=C/c1ccccc1Cl)NC(CCO)C(=O)O. The molecule has 0 fully saturated rings. The summed E-state index contributed by atoms with van der Waals surface area (Å²) in [6.07, 6.45) is 2.66. The monoisotopic (exact) mass is 283 g/mol. The summed E-state index contributed by atoms with van der Waals surface area (Å²) >= 11 is 5.90. The average Bonchev–Trinajstić information content (AvgIpc) is 2.37. The van der Waals surface area contributed by atoms with Crippen LogP contribution in [0.4, 0.5) is 0 Å². The van der Waals surface area contributed by atoms with Gasteiger partial charge in [0, 0.05) is 24.1 Å². The summed E-state index contributed by atoms with van der Waals surface area (Å²) in [6, 6.07) is 5.85. The van der Waals surface area contributed by atoms with Crippen molar-refractivity contribution in [1.82, 2.24) is 5.32 Å². The molecule has 0 spiro atoms. The number of benzene rings is 1. The second-order valence-electron chi connectivity index (χ2n) is 3.77. The van der Waals surface area contributed by atoms with E-state index in [9.17, 15) is 9.59 Å². The summed E-state index contributed by atoms with van der Waals surface area (Å²) < 4.78 is 0. The Kier molecular flexibility index (Phi) is 6.05. The van der Waals surface area contributed by atoms with Crippen LogP contribution in [-0.4, -0.2) is 34.7 Å². The van der Waals surface area contributed by atoms with Gasteiger partial charge in [0.15, 0.2) is 0 Å². The Morgan fingerprint density at radius 2 is 2.05 bits per heavy atom. The predicted octanol–water partition coefficient (Wildman–Crippen LogP) is 1.30. The van der Waals surface area contributed by atoms with Gasteiger partial charge in [-0.15, -0.1) is 0 Å². The molecule has 19 heavy (non-hydrogen) atoms. The molecule has 0 aromatic heterocycles. The topological polar surface area (TPSA) is 86.6 Å². The first kappa shape index (κ1) is 15.2. The van der Waals surface area contributed by atoms with Crippen LogP contribution < -0.4 is 5.32 Å². The van der Waals surface area contributed by atoms with Crippen molar-refractivity contribution in [3.05, 3.63) is 40.9 Å². The van der Waals surface area contributed by atoms with Gasteiger partial charge in [-0.05, 0) is 17.7 Å². The Morgan fingerprint density at radius 1 is 1.37 bits per heavy atom. The molecule has 1 rings (SSSR count). The van der Waals surface area contributed by atoms with Crippen LogP contribution in [-0.2, 0) is 9.59 Å². The van der Waals surface area contributed by atoms with E-state index < -0.39 is 17.9 Å². The van der Waals surface area contributed by atoms with Crippen molar-refractivity contribution >= 4 is 29.6 Å². The molecule has 102 valence electrons. The molecule has 0 saturated carbocycles. The van der Waals surface area contributed by atoms with Crippen molar-refractivity contribution in [3.8, 4) is 0 Å². The molecule has 6 heteroatoms. The summed E-state index contributed by atoms with van der Waals surface area (Å²) in [5, 5.41) is 20.3. The number of rotatable bonds is 6. The van der Waals surface area contributed by atoms with Crippen LogP contribution in [0.3, 0.4) is 0 Å². The van der Waals surface area contributed by atoms with Gasteiger partial charge in [0.2, 0.25) is 5.91 Å². The zero-order valence-corrected chi connectivity index (χ0v) is 10.8. The largest absolute Gasteiger partial charge is 0.480 e. The lowest BCUT2D eigenvalue weighted by atomic mass is 10.2. The summed E-state index contributed by atoms with van der Waals surface area (Å²) in [5.74, 6) is -1.74. The fraction of sp³-hybridized carbons (Fsp3) is 0.231. The average molecular weight is 284 g/mol. The van der Waals surface area contributed by atoms with Crippen LogP contribution in [0.5, 0.6) is 0 Å². The number of aliphatic carboxylic acids is 1. The maximum absolute atomic E-state index is 11.5. The van der Waals surface area contributed by atoms with Crippen molar-refractivity contribution in [3.63, 3.8) is 0 Å². The molecular formula is C13H14ClNO4. The molecule has 0 radical (unpaired) electrons. The van der Waals surface area contributed by atoms with E-state index in [4.69, 9.17) is 21.8 Å². The van der Waals surface area contributed by atoms with Crippen LogP contribution >= 0.6 is 11.6 Å². The number of nitrogens with one attached hydrogen (secondary N) is 1. The molecule has 3 N–H and O–H groups in total. The summed E-state index contributed by atoms with van der Waals surface area (Å²) in [7, 11) is 0. The van der Waals surface area contributed by atoms with Gasteiger partial charge in [-0.25, -0.2) is 4.79 Å². The van der Waals surface area contributed by atoms with E-state index in [1.807, 2.05) is 0 Å². The summed E-state index contributed by atoms with van der Waals surface area (Å²) in [5.41, 5.74) is 0.661. The van der Waals surface area contributed by atoms with E-state index in [2.05, 4.69) is 5.32 Å². The molecule has 0 saturated heterocycles. The van der Waals surface area contributed by atoms with Crippen molar-refractivity contribution in [2.24, 2.45) is 0 Å². The minimum absolute atomic E-state index is 0.0407. The highest BCUT2D eigenvalue weighted by Gasteiger charge is 2.17. The second-order valence-corrected chi connectivity index (χ2v) is 4.17. The zero-order chi connectivity index (χ0) is 14.3. The first-order valence-electron chi connectivity index (χ1n) is 5.61. The lowest BCUT2D eigenvalue weighted by molar-refractivity contribution is -0.141. The summed E-state index contributed by atoms with van der Waals surface area (Å²) in [4.78, 5) is 22.3. The smallest absolute Gasteiger partial charge is 0.326 e. The molecule has 0 bridgehead atoms. The Morgan fingerprint density at radius 3 is 2.63 bits per heavy atom. The molecular weight excluding hydrogens is 270 g/mol. The fourth-order valence-electron chi connectivity index (χ4n) is 1.38. The van der Waals surface area contributed by atoms with Crippen LogP contribution in [0.2, 0.25) is 5.02 Å². The molecule has 1 atom stereocenters. The van der Waals surface area contributed by atoms with Crippen LogP contribution in [0, 0.1) is 0 Å². The number of amides is 1. The number of carboxylic acids is 1. The van der Waals surface area contributed by atoms with Gasteiger partial charge in [0.1, 0.15) is 6.04 Å². The molecule has 1 aromatic rings. The number of hydrogen-bond acceptors (Lipinski definition) is 3. The molecule has 0 aliphatic heterocycles. The summed E-state index contributed by atoms with van der Waals surface area (Å²) in [6.45, 7) is -0.314. The Labute approximate surface area is 115 Å². The molecule has 0 aliphatic carbocycles. The number of carboxylic acid groups (broad SMARTS) is 1. The third-order valence-corrected chi connectivity index (χ3v) is 2.70. The Bertz CT molecular complexity index is 487. The third kappa shape index (κ3) is 5.11. The number of halogens is 1. The van der Waals surface area contributed by atoms with E-state index in [-0.39, 0.29) is 13.0 Å². The van der Waals surface area contributed by atoms with Gasteiger partial charge in [-0.3, -0.25) is 4.79 Å². The number of aliphatic hydroxyl groups is 1. The van der Waals surface area contributed by atoms with Crippen molar-refractivity contribution in [2.75, 3.05) is 6.61 Å².